The Morgan fingerprint density at radius 2 is 2.21 bits per heavy atom. The highest BCUT2D eigenvalue weighted by Gasteiger charge is 2.12. The Morgan fingerprint density at radius 1 is 1.50 bits per heavy atom. The maximum Gasteiger partial charge on any atom is 0.131 e. The van der Waals surface area contributed by atoms with Crippen LogP contribution < -0.4 is 5.73 Å². The highest BCUT2D eigenvalue weighted by Crippen LogP contribution is 2.29. The Kier molecular flexibility index (Phi) is 4.16. The largest absolute Gasteiger partial charge is 0.396 e. The van der Waals surface area contributed by atoms with Gasteiger partial charge in [-0.15, -0.1) is 11.8 Å². The number of anilines is 1. The minimum atomic E-state index is 0.145. The van der Waals surface area contributed by atoms with Crippen molar-refractivity contribution in [1.82, 2.24) is 9.97 Å². The predicted octanol–water partition coefficient (Wildman–Crippen LogP) is 1.27. The number of nitrogens with zero attached hydrogens (tertiary/aromatic N) is 2. The summed E-state index contributed by atoms with van der Waals surface area (Å²) in [5, 5.41) is 9.61. The molecule has 14 heavy (non-hydrogen) atoms. The molecule has 0 saturated carbocycles. The van der Waals surface area contributed by atoms with E-state index in [-0.39, 0.29) is 6.61 Å². The molecule has 0 aliphatic rings. The summed E-state index contributed by atoms with van der Waals surface area (Å²) in [5.74, 6) is 1.48. The Labute approximate surface area is 88.0 Å². The van der Waals surface area contributed by atoms with Gasteiger partial charge in [0, 0.05) is 11.3 Å². The summed E-state index contributed by atoms with van der Waals surface area (Å²) >= 11 is 1.51. The van der Waals surface area contributed by atoms with Crippen molar-refractivity contribution in [3.05, 3.63) is 11.9 Å². The molecule has 0 bridgehead atoms. The minimum Gasteiger partial charge on any atom is -0.396 e. The molecule has 5 heteroatoms. The third-order valence-electron chi connectivity index (χ3n) is 1.79. The summed E-state index contributed by atoms with van der Waals surface area (Å²) in [6, 6.07) is 0. The Morgan fingerprint density at radius 3 is 2.79 bits per heavy atom. The first-order valence-corrected chi connectivity index (χ1v) is 5.49. The Balaban J connectivity index is 2.96. The van der Waals surface area contributed by atoms with E-state index in [0.717, 1.165) is 10.6 Å². The van der Waals surface area contributed by atoms with Crippen molar-refractivity contribution in [2.75, 3.05) is 18.1 Å². The predicted molar refractivity (Wildman–Crippen MR) is 58.3 cm³/mol. The highest BCUT2D eigenvalue weighted by molar-refractivity contribution is 7.99. The summed E-state index contributed by atoms with van der Waals surface area (Å²) in [4.78, 5) is 8.12. The van der Waals surface area contributed by atoms with Crippen LogP contribution in [0.5, 0.6) is 0 Å². The fraction of sp³-hybridized carbons (Fsp3) is 0.556. The van der Waals surface area contributed by atoms with Crippen molar-refractivity contribution < 1.29 is 5.11 Å². The van der Waals surface area contributed by atoms with E-state index in [4.69, 9.17) is 10.8 Å². The summed E-state index contributed by atoms with van der Waals surface area (Å²) in [6.45, 7) is 4.25. The van der Waals surface area contributed by atoms with Gasteiger partial charge in [0.15, 0.2) is 0 Å². The molecule has 0 saturated heterocycles. The number of hydrogen-bond acceptors (Lipinski definition) is 5. The van der Waals surface area contributed by atoms with E-state index >= 15 is 0 Å². The van der Waals surface area contributed by atoms with Gasteiger partial charge in [0.25, 0.3) is 0 Å². The van der Waals surface area contributed by atoms with Crippen molar-refractivity contribution in [1.29, 1.82) is 0 Å². The third kappa shape index (κ3) is 2.59. The van der Waals surface area contributed by atoms with E-state index < -0.39 is 0 Å². The number of nitrogen functional groups attached to an aromatic ring is 1. The van der Waals surface area contributed by atoms with Gasteiger partial charge < -0.3 is 10.8 Å². The van der Waals surface area contributed by atoms with Crippen molar-refractivity contribution in [2.24, 2.45) is 0 Å². The average Bonchev–Trinajstić information content (AvgIpc) is 2.14. The molecule has 0 aliphatic heterocycles. The zero-order chi connectivity index (χ0) is 10.6. The second kappa shape index (κ2) is 5.17. The number of aliphatic hydroxyl groups is 1. The van der Waals surface area contributed by atoms with Crippen molar-refractivity contribution >= 4 is 17.6 Å². The first-order chi connectivity index (χ1) is 6.66. The smallest absolute Gasteiger partial charge is 0.131 e. The van der Waals surface area contributed by atoms with Crippen LogP contribution in [0.2, 0.25) is 0 Å². The molecule has 0 radical (unpaired) electrons. The van der Waals surface area contributed by atoms with Crippen LogP contribution in [0.15, 0.2) is 11.4 Å². The van der Waals surface area contributed by atoms with Gasteiger partial charge in [-0.3, -0.25) is 0 Å². The fourth-order valence-electron chi connectivity index (χ4n) is 1.19. The molecule has 0 spiro atoms. The van der Waals surface area contributed by atoms with E-state index in [1.54, 1.807) is 0 Å². The molecular weight excluding hydrogens is 198 g/mol. The van der Waals surface area contributed by atoms with Crippen LogP contribution in [0.1, 0.15) is 25.3 Å². The molecule has 0 amide bonds. The quantitative estimate of drug-likeness (QED) is 0.582. The minimum absolute atomic E-state index is 0.145. The second-order valence-corrected chi connectivity index (χ2v) is 4.29. The molecule has 0 fully saturated rings. The van der Waals surface area contributed by atoms with Gasteiger partial charge in [0.1, 0.15) is 17.2 Å². The van der Waals surface area contributed by atoms with E-state index in [1.165, 1.54) is 18.1 Å². The molecule has 1 heterocycles. The SMILES string of the molecule is CC(C)c1c(N)ncnc1SCCO. The maximum atomic E-state index is 8.73. The van der Waals surface area contributed by atoms with Crippen molar-refractivity contribution in [3.63, 3.8) is 0 Å². The van der Waals surface area contributed by atoms with Crippen molar-refractivity contribution in [2.45, 2.75) is 24.8 Å². The number of aromatic nitrogens is 2. The average molecular weight is 213 g/mol. The van der Waals surface area contributed by atoms with Gasteiger partial charge in [-0.05, 0) is 5.92 Å². The van der Waals surface area contributed by atoms with Crippen LogP contribution in [0, 0.1) is 0 Å². The van der Waals surface area contributed by atoms with Crippen LogP contribution in [-0.4, -0.2) is 27.4 Å². The molecule has 1 aromatic heterocycles. The Bertz CT molecular complexity index is 304. The molecule has 0 unspecified atom stereocenters. The number of hydrogen-bond donors (Lipinski definition) is 2. The molecule has 0 atom stereocenters. The lowest BCUT2D eigenvalue weighted by atomic mass is 10.1. The van der Waals surface area contributed by atoms with Gasteiger partial charge in [-0.25, -0.2) is 9.97 Å². The van der Waals surface area contributed by atoms with Gasteiger partial charge >= 0.3 is 0 Å². The maximum absolute atomic E-state index is 8.73. The van der Waals surface area contributed by atoms with Crippen LogP contribution >= 0.6 is 11.8 Å². The first kappa shape index (κ1) is 11.3. The van der Waals surface area contributed by atoms with Crippen LogP contribution in [0.3, 0.4) is 0 Å². The number of rotatable bonds is 4. The monoisotopic (exact) mass is 213 g/mol. The van der Waals surface area contributed by atoms with Gasteiger partial charge in [0.2, 0.25) is 0 Å². The standard InChI is InChI=1S/C9H15N3OS/c1-6(2)7-8(10)11-5-12-9(7)14-4-3-13/h5-6,13H,3-4H2,1-2H3,(H2,10,11,12). The summed E-state index contributed by atoms with van der Waals surface area (Å²) in [6.07, 6.45) is 1.46. The molecular formula is C9H15N3OS. The fourth-order valence-corrected chi connectivity index (χ4v) is 2.09. The van der Waals surface area contributed by atoms with Gasteiger partial charge in [-0.1, -0.05) is 13.8 Å². The number of aliphatic hydroxyl groups excluding tert-OH is 1. The lowest BCUT2D eigenvalue weighted by Crippen LogP contribution is -2.04. The molecule has 4 nitrogen and oxygen atoms in total. The van der Waals surface area contributed by atoms with E-state index in [0.29, 0.717) is 17.5 Å². The van der Waals surface area contributed by atoms with Gasteiger partial charge in [0.05, 0.1) is 6.61 Å². The number of nitrogens with two attached hydrogens (primary N) is 1. The van der Waals surface area contributed by atoms with E-state index in [1.807, 2.05) is 0 Å². The molecule has 78 valence electrons. The molecule has 1 aromatic rings. The topological polar surface area (TPSA) is 72.0 Å². The molecule has 0 aliphatic carbocycles. The zero-order valence-corrected chi connectivity index (χ0v) is 9.21. The lowest BCUT2D eigenvalue weighted by Gasteiger charge is -2.12. The van der Waals surface area contributed by atoms with Gasteiger partial charge in [-0.2, -0.15) is 0 Å². The highest BCUT2D eigenvalue weighted by atomic mass is 32.2. The van der Waals surface area contributed by atoms with E-state index in [2.05, 4.69) is 23.8 Å². The first-order valence-electron chi connectivity index (χ1n) is 4.50. The molecule has 0 aromatic carbocycles. The molecule has 3 N–H and O–H groups in total. The van der Waals surface area contributed by atoms with Crippen LogP contribution in [0.25, 0.3) is 0 Å². The third-order valence-corrected chi connectivity index (χ3v) is 2.77. The zero-order valence-electron chi connectivity index (χ0n) is 8.40. The van der Waals surface area contributed by atoms with Crippen LogP contribution in [-0.2, 0) is 0 Å². The lowest BCUT2D eigenvalue weighted by molar-refractivity contribution is 0.322. The summed E-state index contributed by atoms with van der Waals surface area (Å²) < 4.78 is 0. The van der Waals surface area contributed by atoms with Crippen LogP contribution in [0.4, 0.5) is 5.82 Å². The molecule has 1 rings (SSSR count). The van der Waals surface area contributed by atoms with Crippen molar-refractivity contribution in [3.8, 4) is 0 Å². The number of thioether (sulfide) groups is 1. The Hall–Kier alpha value is -0.810. The summed E-state index contributed by atoms with van der Waals surface area (Å²) in [5.41, 5.74) is 6.74. The normalized spacial score (nSPS) is 10.9. The second-order valence-electron chi connectivity index (χ2n) is 3.20. The van der Waals surface area contributed by atoms with E-state index in [9.17, 15) is 0 Å². The summed E-state index contributed by atoms with van der Waals surface area (Å²) in [7, 11) is 0.